The second-order valence-electron chi connectivity index (χ2n) is 10.3. The smallest absolute Gasteiger partial charge is 0.416 e. The maximum atomic E-state index is 12.9. The zero-order valence-corrected chi connectivity index (χ0v) is 23.4. The van der Waals surface area contributed by atoms with E-state index in [1.807, 2.05) is 0 Å². The van der Waals surface area contributed by atoms with Gasteiger partial charge in [0, 0.05) is 6.54 Å². The summed E-state index contributed by atoms with van der Waals surface area (Å²) in [6, 6.07) is 6.02. The van der Waals surface area contributed by atoms with Crippen LogP contribution in [0.1, 0.15) is 45.2 Å². The Morgan fingerprint density at radius 2 is 1.40 bits per heavy atom. The van der Waals surface area contributed by atoms with Gasteiger partial charge in [-0.05, 0) is 48.2 Å². The molecule has 0 fully saturated rings. The standard InChI is InChI=1S/C16H18F3NO4.C12H12F3NO2/c1-9(2)14-15(22)20(7-6-13(21)23-3)11-8-10(16(17,18)19)4-5-12(11)24-14;1-6(2)10-11(17)16-8-5-7(12(13,14)15)3-4-9(8)18-10/h4-5,8-9,14H,6-7H2,1-3H3;3-6,10H,1-2H3,(H,16,17). The lowest BCUT2D eigenvalue weighted by Crippen LogP contribution is -2.49. The van der Waals surface area contributed by atoms with Crippen molar-refractivity contribution < 1.29 is 54.9 Å². The molecule has 2 aromatic rings. The number of ether oxygens (including phenoxy) is 3. The molecule has 2 amide bonds. The normalized spacial score (nSPS) is 18.3. The summed E-state index contributed by atoms with van der Waals surface area (Å²) in [6.07, 6.45) is -10.6. The maximum absolute atomic E-state index is 12.9. The summed E-state index contributed by atoms with van der Waals surface area (Å²) in [6.45, 7) is 7.08. The van der Waals surface area contributed by atoms with E-state index in [-0.39, 0.29) is 47.7 Å². The van der Waals surface area contributed by atoms with Gasteiger partial charge in [-0.25, -0.2) is 0 Å². The number of rotatable bonds is 5. The first kappa shape index (κ1) is 32.5. The van der Waals surface area contributed by atoms with E-state index in [1.54, 1.807) is 27.7 Å². The van der Waals surface area contributed by atoms with Crippen LogP contribution in [0, 0.1) is 11.8 Å². The highest BCUT2D eigenvalue weighted by molar-refractivity contribution is 6.00. The first-order chi connectivity index (χ1) is 19.4. The molecule has 2 heterocycles. The zero-order valence-electron chi connectivity index (χ0n) is 23.4. The van der Waals surface area contributed by atoms with Crippen molar-refractivity contribution >= 4 is 29.2 Å². The number of nitrogens with one attached hydrogen (secondary N) is 1. The Bertz CT molecular complexity index is 1320. The van der Waals surface area contributed by atoms with E-state index in [2.05, 4.69) is 10.1 Å². The molecular weight excluding hydrogens is 574 g/mol. The predicted octanol–water partition coefficient (Wildman–Crippen LogP) is 6.08. The van der Waals surface area contributed by atoms with Crippen LogP contribution in [0.5, 0.6) is 11.5 Å². The van der Waals surface area contributed by atoms with Gasteiger partial charge in [-0.3, -0.25) is 14.4 Å². The van der Waals surface area contributed by atoms with Crippen LogP contribution >= 0.6 is 0 Å². The molecule has 0 bridgehead atoms. The van der Waals surface area contributed by atoms with Gasteiger partial charge in [-0.1, -0.05) is 27.7 Å². The fourth-order valence-corrected chi connectivity index (χ4v) is 4.16. The SMILES string of the molecule is CC(C)C1Oc2ccc(C(F)(F)F)cc2NC1=O.COC(=O)CCN1C(=O)C(C(C)C)Oc2ccc(C(F)(F)F)cc21. The molecule has 2 unspecified atom stereocenters. The lowest BCUT2D eigenvalue weighted by Gasteiger charge is -2.36. The number of amides is 2. The van der Waals surface area contributed by atoms with Crippen LogP contribution in [-0.2, 0) is 31.5 Å². The van der Waals surface area contributed by atoms with Crippen LogP contribution < -0.4 is 19.7 Å². The quantitative estimate of drug-likeness (QED) is 0.329. The molecule has 4 rings (SSSR count). The fourth-order valence-electron chi connectivity index (χ4n) is 4.16. The van der Waals surface area contributed by atoms with E-state index in [4.69, 9.17) is 9.47 Å². The number of alkyl halides is 6. The van der Waals surface area contributed by atoms with E-state index < -0.39 is 53.5 Å². The number of fused-ring (bicyclic) bond motifs is 2. The monoisotopic (exact) mass is 604 g/mol. The van der Waals surface area contributed by atoms with Gasteiger partial charge < -0.3 is 24.4 Å². The van der Waals surface area contributed by atoms with Crippen LogP contribution in [0.3, 0.4) is 0 Å². The number of esters is 1. The van der Waals surface area contributed by atoms with Gasteiger partial charge >= 0.3 is 18.3 Å². The van der Waals surface area contributed by atoms with E-state index in [0.717, 1.165) is 29.2 Å². The van der Waals surface area contributed by atoms with Crippen molar-refractivity contribution in [2.45, 2.75) is 58.7 Å². The number of hydrogen-bond acceptors (Lipinski definition) is 6. The summed E-state index contributed by atoms with van der Waals surface area (Å²) in [5, 5.41) is 2.44. The minimum atomic E-state index is -4.54. The molecule has 230 valence electrons. The molecule has 2 aliphatic rings. The summed E-state index contributed by atoms with van der Waals surface area (Å²) in [7, 11) is 1.20. The molecule has 1 N–H and O–H groups in total. The molecule has 0 saturated heterocycles. The lowest BCUT2D eigenvalue weighted by molar-refractivity contribution is -0.141. The molecule has 2 atom stereocenters. The molecule has 14 heteroatoms. The van der Waals surface area contributed by atoms with Crippen molar-refractivity contribution in [1.29, 1.82) is 0 Å². The zero-order chi connectivity index (χ0) is 31.6. The highest BCUT2D eigenvalue weighted by Gasteiger charge is 2.39. The van der Waals surface area contributed by atoms with Crippen molar-refractivity contribution in [2.75, 3.05) is 23.9 Å². The molecule has 42 heavy (non-hydrogen) atoms. The van der Waals surface area contributed by atoms with Crippen LogP contribution in [0.15, 0.2) is 36.4 Å². The third-order valence-corrected chi connectivity index (χ3v) is 6.40. The fraction of sp³-hybridized carbons (Fsp3) is 0.464. The third-order valence-electron chi connectivity index (χ3n) is 6.40. The van der Waals surface area contributed by atoms with Crippen molar-refractivity contribution in [3.63, 3.8) is 0 Å². The molecule has 0 saturated carbocycles. The molecule has 0 aliphatic carbocycles. The number of halogens is 6. The van der Waals surface area contributed by atoms with Crippen LogP contribution in [0.2, 0.25) is 0 Å². The van der Waals surface area contributed by atoms with Crippen molar-refractivity contribution in [1.82, 2.24) is 0 Å². The molecule has 8 nitrogen and oxygen atoms in total. The average molecular weight is 605 g/mol. The number of anilines is 2. The third kappa shape index (κ3) is 7.45. The van der Waals surface area contributed by atoms with Gasteiger partial charge in [0.2, 0.25) is 0 Å². The summed E-state index contributed by atoms with van der Waals surface area (Å²) in [5.41, 5.74) is -1.63. The first-order valence-electron chi connectivity index (χ1n) is 12.9. The molecule has 0 radical (unpaired) electrons. The highest BCUT2D eigenvalue weighted by Crippen LogP contribution is 2.41. The topological polar surface area (TPSA) is 94.2 Å². The van der Waals surface area contributed by atoms with E-state index in [0.29, 0.717) is 0 Å². The van der Waals surface area contributed by atoms with Crippen molar-refractivity contribution in [2.24, 2.45) is 11.8 Å². The molecule has 2 aromatic carbocycles. The van der Waals surface area contributed by atoms with Gasteiger partial charge in [0.15, 0.2) is 12.2 Å². The largest absolute Gasteiger partial charge is 0.478 e. The van der Waals surface area contributed by atoms with Crippen molar-refractivity contribution in [3.05, 3.63) is 47.5 Å². The maximum Gasteiger partial charge on any atom is 0.416 e. The van der Waals surface area contributed by atoms with Gasteiger partial charge in [0.1, 0.15) is 11.5 Å². The van der Waals surface area contributed by atoms with Gasteiger partial charge in [0.05, 0.1) is 36.0 Å². The second kappa shape index (κ2) is 12.5. The van der Waals surface area contributed by atoms with Gasteiger partial charge in [0.25, 0.3) is 11.8 Å². The summed E-state index contributed by atoms with van der Waals surface area (Å²) >= 11 is 0. The van der Waals surface area contributed by atoms with Crippen LogP contribution in [0.25, 0.3) is 0 Å². The average Bonchev–Trinajstić information content (AvgIpc) is 2.90. The Morgan fingerprint density at radius 1 is 0.881 bits per heavy atom. The van der Waals surface area contributed by atoms with Crippen LogP contribution in [0.4, 0.5) is 37.7 Å². The van der Waals surface area contributed by atoms with E-state index in [9.17, 15) is 40.7 Å². The Kier molecular flexibility index (Phi) is 9.68. The molecule has 0 aromatic heterocycles. The number of methoxy groups -OCH3 is 1. The highest BCUT2D eigenvalue weighted by atomic mass is 19.4. The van der Waals surface area contributed by atoms with Crippen LogP contribution in [-0.4, -0.2) is 43.6 Å². The van der Waals surface area contributed by atoms with Crippen molar-refractivity contribution in [3.8, 4) is 11.5 Å². The predicted molar refractivity (Wildman–Crippen MR) is 139 cm³/mol. The Morgan fingerprint density at radius 3 is 1.93 bits per heavy atom. The number of carbonyl (C=O) groups excluding carboxylic acids is 3. The number of nitrogens with zero attached hydrogens (tertiary/aromatic N) is 1. The lowest BCUT2D eigenvalue weighted by atomic mass is 10.0. The Labute approximate surface area is 237 Å². The minimum Gasteiger partial charge on any atom is -0.478 e. The van der Waals surface area contributed by atoms with E-state index >= 15 is 0 Å². The van der Waals surface area contributed by atoms with Gasteiger partial charge in [-0.2, -0.15) is 26.3 Å². The van der Waals surface area contributed by atoms with Gasteiger partial charge in [-0.15, -0.1) is 0 Å². The molecule has 0 spiro atoms. The summed E-state index contributed by atoms with van der Waals surface area (Å²) < 4.78 is 91.8. The number of benzene rings is 2. The summed E-state index contributed by atoms with van der Waals surface area (Å²) in [4.78, 5) is 36.7. The van der Waals surface area contributed by atoms with E-state index in [1.165, 1.54) is 19.2 Å². The Balaban J connectivity index is 0.000000240. The first-order valence-corrected chi connectivity index (χ1v) is 12.9. The molecular formula is C28H30F6N2O6. The Hall–Kier alpha value is -3.97. The number of carbonyl (C=O) groups is 3. The number of hydrogen-bond donors (Lipinski definition) is 1. The molecule has 2 aliphatic heterocycles. The summed E-state index contributed by atoms with van der Waals surface area (Å²) in [5.74, 6) is -1.22. The second-order valence-corrected chi connectivity index (χ2v) is 10.3. The minimum absolute atomic E-state index is 0.00984.